The number of halogens is 1. The minimum absolute atomic E-state index is 0.261. The Morgan fingerprint density at radius 2 is 1.52 bits per heavy atom. The number of nitrogens with zero attached hydrogens (tertiary/aromatic N) is 1. The summed E-state index contributed by atoms with van der Waals surface area (Å²) in [6, 6.07) is 17.3. The number of aromatic nitrogens is 1. The first-order valence-corrected chi connectivity index (χ1v) is 11.7. The van der Waals surface area contributed by atoms with Crippen LogP contribution in [-0.2, 0) is 6.42 Å². The largest absolute Gasteiger partial charge is 0.493 e. The summed E-state index contributed by atoms with van der Waals surface area (Å²) in [5, 5.41) is 0. The number of pyridine rings is 1. The molecule has 0 radical (unpaired) electrons. The lowest BCUT2D eigenvalue weighted by Gasteiger charge is -2.09. The molecule has 1 heterocycles. The van der Waals surface area contributed by atoms with E-state index in [0.29, 0.717) is 17.9 Å². The van der Waals surface area contributed by atoms with E-state index < -0.39 is 0 Å². The molecule has 3 rings (SSSR count). The summed E-state index contributed by atoms with van der Waals surface area (Å²) < 4.78 is 20.2. The van der Waals surface area contributed by atoms with E-state index in [1.807, 2.05) is 36.5 Å². The van der Waals surface area contributed by atoms with E-state index in [1.54, 1.807) is 6.07 Å². The van der Waals surface area contributed by atoms with E-state index >= 15 is 0 Å². The van der Waals surface area contributed by atoms with Crippen molar-refractivity contribution in [3.8, 4) is 28.1 Å². The summed E-state index contributed by atoms with van der Waals surface area (Å²) in [5.74, 6) is 0.323. The molecule has 31 heavy (non-hydrogen) atoms. The number of unbranched alkanes of at least 4 members (excludes halogenated alkanes) is 5. The van der Waals surface area contributed by atoms with E-state index in [1.165, 1.54) is 43.7 Å². The van der Waals surface area contributed by atoms with Gasteiger partial charge >= 0.3 is 0 Å². The van der Waals surface area contributed by atoms with Gasteiger partial charge in [-0.15, -0.1) is 0 Å². The van der Waals surface area contributed by atoms with Crippen LogP contribution in [0.25, 0.3) is 22.4 Å². The van der Waals surface area contributed by atoms with Gasteiger partial charge in [-0.3, -0.25) is 4.98 Å². The lowest BCUT2D eigenvalue weighted by atomic mass is 10.0. The van der Waals surface area contributed by atoms with E-state index in [-0.39, 0.29) is 5.82 Å². The van der Waals surface area contributed by atoms with Gasteiger partial charge in [-0.25, -0.2) is 4.39 Å². The zero-order valence-corrected chi connectivity index (χ0v) is 18.9. The Balaban J connectivity index is 1.61. The summed E-state index contributed by atoms with van der Waals surface area (Å²) in [5.41, 5.74) is 4.71. The third-order valence-corrected chi connectivity index (χ3v) is 5.59. The van der Waals surface area contributed by atoms with Crippen LogP contribution in [0.5, 0.6) is 5.75 Å². The molecule has 2 nitrogen and oxygen atoms in total. The molecule has 0 bridgehead atoms. The van der Waals surface area contributed by atoms with Crippen LogP contribution in [0.4, 0.5) is 4.39 Å². The van der Waals surface area contributed by atoms with Gasteiger partial charge in [0, 0.05) is 23.4 Å². The summed E-state index contributed by atoms with van der Waals surface area (Å²) in [6.07, 6.45) is 11.6. The van der Waals surface area contributed by atoms with Crippen LogP contribution in [0.2, 0.25) is 0 Å². The molecule has 164 valence electrons. The van der Waals surface area contributed by atoms with Crippen molar-refractivity contribution >= 4 is 0 Å². The second-order valence-corrected chi connectivity index (χ2v) is 8.14. The van der Waals surface area contributed by atoms with Crippen molar-refractivity contribution in [2.45, 2.75) is 65.2 Å². The Hall–Kier alpha value is -2.68. The lowest BCUT2D eigenvalue weighted by Crippen LogP contribution is -1.97. The third-order valence-electron chi connectivity index (χ3n) is 5.59. The number of benzene rings is 2. The first-order chi connectivity index (χ1) is 15.2. The summed E-state index contributed by atoms with van der Waals surface area (Å²) >= 11 is 0. The second-order valence-electron chi connectivity index (χ2n) is 8.14. The molecule has 3 heteroatoms. The first-order valence-electron chi connectivity index (χ1n) is 11.7. The molecule has 0 atom stereocenters. The van der Waals surface area contributed by atoms with Crippen LogP contribution >= 0.6 is 0 Å². The van der Waals surface area contributed by atoms with Crippen molar-refractivity contribution in [3.05, 3.63) is 72.2 Å². The van der Waals surface area contributed by atoms with Gasteiger partial charge in [-0.05, 0) is 48.6 Å². The van der Waals surface area contributed by atoms with Crippen molar-refractivity contribution in [3.63, 3.8) is 0 Å². The maximum absolute atomic E-state index is 14.6. The number of aryl methyl sites for hydroxylation is 1. The van der Waals surface area contributed by atoms with Crippen LogP contribution in [0.3, 0.4) is 0 Å². The molecule has 0 fully saturated rings. The zero-order valence-electron chi connectivity index (χ0n) is 18.9. The van der Waals surface area contributed by atoms with Gasteiger partial charge in [0.15, 0.2) is 0 Å². The van der Waals surface area contributed by atoms with Crippen molar-refractivity contribution < 1.29 is 9.13 Å². The summed E-state index contributed by atoms with van der Waals surface area (Å²) in [4.78, 5) is 4.64. The highest BCUT2D eigenvalue weighted by Crippen LogP contribution is 2.28. The molecule has 0 saturated carbocycles. The molecule has 0 N–H and O–H groups in total. The maximum atomic E-state index is 14.6. The van der Waals surface area contributed by atoms with Crippen LogP contribution in [0.1, 0.15) is 64.4 Å². The fraction of sp³-hybridized carbons (Fsp3) is 0.393. The number of hydrogen-bond acceptors (Lipinski definition) is 2. The topological polar surface area (TPSA) is 22.1 Å². The molecule has 2 aromatic carbocycles. The number of ether oxygens (including phenoxy) is 1. The van der Waals surface area contributed by atoms with E-state index in [4.69, 9.17) is 4.74 Å². The smallest absolute Gasteiger partial charge is 0.134 e. The van der Waals surface area contributed by atoms with Gasteiger partial charge in [-0.2, -0.15) is 0 Å². The van der Waals surface area contributed by atoms with Crippen LogP contribution < -0.4 is 4.74 Å². The lowest BCUT2D eigenvalue weighted by molar-refractivity contribution is 0.308. The molecule has 0 aliphatic heterocycles. The van der Waals surface area contributed by atoms with Crippen molar-refractivity contribution in [1.82, 2.24) is 4.98 Å². The Labute approximate surface area is 186 Å². The molecular formula is C28H34FNO. The van der Waals surface area contributed by atoms with Gasteiger partial charge in [0.1, 0.15) is 11.6 Å². The average Bonchev–Trinajstić information content (AvgIpc) is 2.80. The highest BCUT2D eigenvalue weighted by Gasteiger charge is 2.08. The number of hydrogen-bond donors (Lipinski definition) is 0. The van der Waals surface area contributed by atoms with Gasteiger partial charge in [-0.1, -0.05) is 76.3 Å². The Morgan fingerprint density at radius 3 is 2.19 bits per heavy atom. The van der Waals surface area contributed by atoms with Crippen molar-refractivity contribution in [1.29, 1.82) is 0 Å². The minimum Gasteiger partial charge on any atom is -0.493 e. The van der Waals surface area contributed by atoms with Crippen LogP contribution in [0, 0.1) is 5.82 Å². The van der Waals surface area contributed by atoms with Crippen LogP contribution in [-0.4, -0.2) is 11.6 Å². The van der Waals surface area contributed by atoms with Gasteiger partial charge < -0.3 is 4.74 Å². The molecule has 0 aliphatic carbocycles. The minimum atomic E-state index is -0.261. The molecule has 0 unspecified atom stereocenters. The molecule has 3 aromatic rings. The summed E-state index contributed by atoms with van der Waals surface area (Å²) in [7, 11) is 0. The quantitative estimate of drug-likeness (QED) is 0.276. The standard InChI is InChI=1S/C28H34FNO/c1-3-5-7-8-9-10-22-11-18-28(30-21-22)24-14-12-23(13-15-24)26-17-16-25(20-27(26)29)31-19-6-4-2/h11-18,20-21H,3-10,19H2,1-2H3. The number of rotatable bonds is 12. The van der Waals surface area contributed by atoms with E-state index in [0.717, 1.165) is 36.1 Å². The molecule has 0 amide bonds. The first kappa shape index (κ1) is 23.0. The third kappa shape index (κ3) is 6.92. The monoisotopic (exact) mass is 419 g/mol. The SMILES string of the molecule is CCCCCCCc1ccc(-c2ccc(-c3ccc(OCCCC)cc3F)cc2)nc1. The fourth-order valence-electron chi connectivity index (χ4n) is 3.65. The predicted molar refractivity (Wildman–Crippen MR) is 128 cm³/mol. The highest BCUT2D eigenvalue weighted by molar-refractivity contribution is 5.69. The normalized spacial score (nSPS) is 10.9. The maximum Gasteiger partial charge on any atom is 0.134 e. The molecule has 0 aliphatic rings. The average molecular weight is 420 g/mol. The van der Waals surface area contributed by atoms with Crippen LogP contribution in [0.15, 0.2) is 60.8 Å². The zero-order chi connectivity index (χ0) is 21.9. The van der Waals surface area contributed by atoms with E-state index in [9.17, 15) is 4.39 Å². The second kappa shape index (κ2) is 12.2. The van der Waals surface area contributed by atoms with Crippen molar-refractivity contribution in [2.75, 3.05) is 6.61 Å². The van der Waals surface area contributed by atoms with E-state index in [2.05, 4.69) is 31.0 Å². The molecular weight excluding hydrogens is 385 g/mol. The summed E-state index contributed by atoms with van der Waals surface area (Å²) in [6.45, 7) is 4.97. The Kier molecular flexibility index (Phi) is 9.08. The Bertz CT molecular complexity index is 919. The molecule has 0 spiro atoms. The van der Waals surface area contributed by atoms with Crippen molar-refractivity contribution in [2.24, 2.45) is 0 Å². The highest BCUT2D eigenvalue weighted by atomic mass is 19.1. The van der Waals surface area contributed by atoms with Gasteiger partial charge in [0.25, 0.3) is 0 Å². The molecule has 0 saturated heterocycles. The van der Waals surface area contributed by atoms with Gasteiger partial charge in [0.2, 0.25) is 0 Å². The molecule has 1 aromatic heterocycles. The fourth-order valence-corrected chi connectivity index (χ4v) is 3.65. The van der Waals surface area contributed by atoms with Gasteiger partial charge in [0.05, 0.1) is 12.3 Å². The Morgan fingerprint density at radius 1 is 0.774 bits per heavy atom. The predicted octanol–water partition coefficient (Wildman–Crippen LogP) is 8.25.